The molecule has 0 aliphatic heterocycles. The smallest absolute Gasteiger partial charge is 0.191 e. The van der Waals surface area contributed by atoms with E-state index in [-0.39, 0.29) is 0 Å². The Bertz CT molecular complexity index is 408. The first-order valence-corrected chi connectivity index (χ1v) is 7.82. The standard InChI is InChI=1S/C15H28N4O2/c1-5-13-12(14(6-2)21-19-13)11-18-15(16-7-3)17-9-10-20-8-4/h5-11H2,1-4H3,(H2,16,17,18). The van der Waals surface area contributed by atoms with Gasteiger partial charge in [-0.2, -0.15) is 0 Å². The number of aliphatic imine (C=N–C) groups is 1. The first-order chi connectivity index (χ1) is 10.3. The summed E-state index contributed by atoms with van der Waals surface area (Å²) in [4.78, 5) is 4.61. The first kappa shape index (κ1) is 17.5. The van der Waals surface area contributed by atoms with Gasteiger partial charge in [0, 0.05) is 31.7 Å². The second-order valence-corrected chi connectivity index (χ2v) is 4.56. The van der Waals surface area contributed by atoms with Crippen molar-refractivity contribution in [2.24, 2.45) is 4.99 Å². The molecule has 0 spiro atoms. The Kier molecular flexibility index (Phi) is 8.50. The van der Waals surface area contributed by atoms with E-state index in [0.717, 1.165) is 55.5 Å². The summed E-state index contributed by atoms with van der Waals surface area (Å²) in [5.41, 5.74) is 2.11. The molecule has 0 unspecified atom stereocenters. The molecule has 2 N–H and O–H groups in total. The predicted molar refractivity (Wildman–Crippen MR) is 84.6 cm³/mol. The Balaban J connectivity index is 2.66. The molecule has 1 rings (SSSR count). The van der Waals surface area contributed by atoms with Gasteiger partial charge in [0.15, 0.2) is 5.96 Å². The summed E-state index contributed by atoms with van der Waals surface area (Å²) in [6.45, 7) is 11.7. The van der Waals surface area contributed by atoms with Crippen LogP contribution in [0.3, 0.4) is 0 Å². The highest BCUT2D eigenvalue weighted by Crippen LogP contribution is 2.16. The first-order valence-electron chi connectivity index (χ1n) is 7.82. The quantitative estimate of drug-likeness (QED) is 0.414. The summed E-state index contributed by atoms with van der Waals surface area (Å²) in [6, 6.07) is 0. The van der Waals surface area contributed by atoms with Gasteiger partial charge >= 0.3 is 0 Å². The summed E-state index contributed by atoms with van der Waals surface area (Å²) >= 11 is 0. The molecule has 21 heavy (non-hydrogen) atoms. The van der Waals surface area contributed by atoms with E-state index < -0.39 is 0 Å². The number of nitrogens with zero attached hydrogens (tertiary/aromatic N) is 2. The van der Waals surface area contributed by atoms with Crippen LogP contribution in [0.2, 0.25) is 0 Å². The molecule has 0 amide bonds. The lowest BCUT2D eigenvalue weighted by atomic mass is 10.1. The van der Waals surface area contributed by atoms with Crippen molar-refractivity contribution in [1.82, 2.24) is 15.8 Å². The SMILES string of the molecule is CCNC(=NCc1c(CC)noc1CC)NCCOCC. The maximum atomic E-state index is 5.36. The van der Waals surface area contributed by atoms with Gasteiger partial charge in [-0.3, -0.25) is 0 Å². The van der Waals surface area contributed by atoms with E-state index >= 15 is 0 Å². The molecule has 0 saturated heterocycles. The van der Waals surface area contributed by atoms with Crippen molar-refractivity contribution in [3.8, 4) is 0 Å². The molecule has 1 aromatic rings. The zero-order chi connectivity index (χ0) is 15.5. The predicted octanol–water partition coefficient (Wildman–Crippen LogP) is 1.89. The number of rotatable bonds is 9. The molecular formula is C15H28N4O2. The molecule has 0 atom stereocenters. The van der Waals surface area contributed by atoms with E-state index in [2.05, 4.69) is 34.6 Å². The van der Waals surface area contributed by atoms with Crippen molar-refractivity contribution in [3.63, 3.8) is 0 Å². The third-order valence-corrected chi connectivity index (χ3v) is 3.09. The van der Waals surface area contributed by atoms with Crippen LogP contribution in [-0.4, -0.2) is 37.4 Å². The molecule has 120 valence electrons. The van der Waals surface area contributed by atoms with E-state index in [1.165, 1.54) is 0 Å². The molecule has 0 bridgehead atoms. The molecule has 1 heterocycles. The van der Waals surface area contributed by atoms with Gasteiger partial charge in [0.1, 0.15) is 5.76 Å². The number of hydrogen-bond acceptors (Lipinski definition) is 4. The number of guanidine groups is 1. The van der Waals surface area contributed by atoms with Crippen LogP contribution in [0.5, 0.6) is 0 Å². The van der Waals surface area contributed by atoms with Gasteiger partial charge in [0.05, 0.1) is 18.8 Å². The van der Waals surface area contributed by atoms with E-state index in [1.807, 2.05) is 13.8 Å². The van der Waals surface area contributed by atoms with Gasteiger partial charge in [-0.15, -0.1) is 0 Å². The van der Waals surface area contributed by atoms with Crippen LogP contribution in [-0.2, 0) is 24.1 Å². The van der Waals surface area contributed by atoms with Gasteiger partial charge in [0.25, 0.3) is 0 Å². The normalized spacial score (nSPS) is 11.7. The average molecular weight is 296 g/mol. The Morgan fingerprint density at radius 3 is 2.62 bits per heavy atom. The van der Waals surface area contributed by atoms with Crippen molar-refractivity contribution < 1.29 is 9.26 Å². The molecule has 1 aromatic heterocycles. The molecular weight excluding hydrogens is 268 g/mol. The van der Waals surface area contributed by atoms with Crippen LogP contribution < -0.4 is 10.6 Å². The van der Waals surface area contributed by atoms with Crippen LogP contribution in [0, 0.1) is 0 Å². The number of ether oxygens (including phenoxy) is 1. The Hall–Kier alpha value is -1.56. The van der Waals surface area contributed by atoms with Crippen molar-refractivity contribution in [2.45, 2.75) is 47.1 Å². The fourth-order valence-corrected chi connectivity index (χ4v) is 2.00. The molecule has 6 heteroatoms. The van der Waals surface area contributed by atoms with Crippen LogP contribution >= 0.6 is 0 Å². The van der Waals surface area contributed by atoms with Crippen LogP contribution in [0.4, 0.5) is 0 Å². The molecule has 0 saturated carbocycles. The number of aryl methyl sites for hydroxylation is 2. The van der Waals surface area contributed by atoms with Gasteiger partial charge in [-0.05, 0) is 20.3 Å². The third-order valence-electron chi connectivity index (χ3n) is 3.09. The van der Waals surface area contributed by atoms with Crippen molar-refractivity contribution in [1.29, 1.82) is 0 Å². The lowest BCUT2D eigenvalue weighted by Gasteiger charge is -2.11. The van der Waals surface area contributed by atoms with Crippen LogP contribution in [0.1, 0.15) is 44.7 Å². The highest BCUT2D eigenvalue weighted by Gasteiger charge is 2.12. The molecule has 6 nitrogen and oxygen atoms in total. The maximum absolute atomic E-state index is 5.36. The van der Waals surface area contributed by atoms with Gasteiger partial charge in [-0.1, -0.05) is 19.0 Å². The van der Waals surface area contributed by atoms with Gasteiger partial charge < -0.3 is 19.9 Å². The summed E-state index contributed by atoms with van der Waals surface area (Å²) in [7, 11) is 0. The maximum Gasteiger partial charge on any atom is 0.191 e. The highest BCUT2D eigenvalue weighted by molar-refractivity contribution is 5.79. The van der Waals surface area contributed by atoms with Crippen molar-refractivity contribution in [3.05, 3.63) is 17.0 Å². The fourth-order valence-electron chi connectivity index (χ4n) is 2.00. The second-order valence-electron chi connectivity index (χ2n) is 4.56. The van der Waals surface area contributed by atoms with Crippen LogP contribution in [0.25, 0.3) is 0 Å². The third kappa shape index (κ3) is 5.75. The summed E-state index contributed by atoms with van der Waals surface area (Å²) in [5.74, 6) is 1.73. The fraction of sp³-hybridized carbons (Fsp3) is 0.733. The van der Waals surface area contributed by atoms with E-state index in [4.69, 9.17) is 9.26 Å². The Morgan fingerprint density at radius 1 is 1.19 bits per heavy atom. The zero-order valence-electron chi connectivity index (χ0n) is 13.7. The number of nitrogens with one attached hydrogen (secondary N) is 2. The zero-order valence-corrected chi connectivity index (χ0v) is 13.7. The topological polar surface area (TPSA) is 71.7 Å². The van der Waals surface area contributed by atoms with Crippen molar-refractivity contribution >= 4 is 5.96 Å². The van der Waals surface area contributed by atoms with Gasteiger partial charge in [-0.25, -0.2) is 4.99 Å². The largest absolute Gasteiger partial charge is 0.380 e. The van der Waals surface area contributed by atoms with E-state index in [1.54, 1.807) is 0 Å². The molecule has 0 aliphatic carbocycles. The van der Waals surface area contributed by atoms with E-state index in [0.29, 0.717) is 13.2 Å². The molecule has 0 aromatic carbocycles. The summed E-state index contributed by atoms with van der Waals surface area (Å²) in [6.07, 6.45) is 1.70. The van der Waals surface area contributed by atoms with Crippen molar-refractivity contribution in [2.75, 3.05) is 26.3 Å². The van der Waals surface area contributed by atoms with E-state index in [9.17, 15) is 0 Å². The minimum atomic E-state index is 0.583. The minimum Gasteiger partial charge on any atom is -0.380 e. The summed E-state index contributed by atoms with van der Waals surface area (Å²) in [5, 5.41) is 10.6. The minimum absolute atomic E-state index is 0.583. The second kappa shape index (κ2) is 10.2. The molecule has 0 radical (unpaired) electrons. The van der Waals surface area contributed by atoms with Gasteiger partial charge in [0.2, 0.25) is 0 Å². The number of aromatic nitrogens is 1. The lowest BCUT2D eigenvalue weighted by Crippen LogP contribution is -2.39. The lowest BCUT2D eigenvalue weighted by molar-refractivity contribution is 0.152. The molecule has 0 aliphatic rings. The number of hydrogen-bond donors (Lipinski definition) is 2. The Morgan fingerprint density at radius 2 is 2.00 bits per heavy atom. The monoisotopic (exact) mass is 296 g/mol. The summed E-state index contributed by atoms with van der Waals surface area (Å²) < 4.78 is 10.7. The molecule has 0 fully saturated rings. The average Bonchev–Trinajstić information content (AvgIpc) is 2.91. The highest BCUT2D eigenvalue weighted by atomic mass is 16.5. The Labute approximate surface area is 127 Å². The van der Waals surface area contributed by atoms with Crippen LogP contribution in [0.15, 0.2) is 9.52 Å².